The Kier molecular flexibility index (Phi) is 4.54. The summed E-state index contributed by atoms with van der Waals surface area (Å²) in [5.41, 5.74) is 5.63. The normalized spacial score (nSPS) is 15.6. The monoisotopic (exact) mass is 424 g/mol. The first-order valence-electron chi connectivity index (χ1n) is 11.2. The maximum absolute atomic E-state index is 13.2. The summed E-state index contributed by atoms with van der Waals surface area (Å²) in [5, 5.41) is 1.13. The largest absolute Gasteiger partial charge is 0.308 e. The molecular weight excluding hydrogens is 400 g/mol. The number of aryl methyl sites for hydroxylation is 2. The van der Waals surface area contributed by atoms with Gasteiger partial charge in [0.05, 0.1) is 16.8 Å². The fourth-order valence-corrected chi connectivity index (χ4v) is 5.13. The van der Waals surface area contributed by atoms with Gasteiger partial charge in [0.25, 0.3) is 11.1 Å². The third-order valence-corrected chi connectivity index (χ3v) is 6.69. The number of nitrogens with zero attached hydrogens (tertiary/aromatic N) is 3. The summed E-state index contributed by atoms with van der Waals surface area (Å²) in [7, 11) is 0. The van der Waals surface area contributed by atoms with Crippen LogP contribution in [0.3, 0.4) is 0 Å². The van der Waals surface area contributed by atoms with E-state index < -0.39 is 0 Å². The fourth-order valence-electron chi connectivity index (χ4n) is 5.13. The molecule has 2 aromatic carbocycles. The van der Waals surface area contributed by atoms with Crippen molar-refractivity contribution in [1.82, 2.24) is 19.4 Å². The predicted octanol–water partition coefficient (Wildman–Crippen LogP) is 3.26. The molecule has 4 heterocycles. The van der Waals surface area contributed by atoms with Crippen molar-refractivity contribution in [1.29, 1.82) is 0 Å². The van der Waals surface area contributed by atoms with E-state index in [9.17, 15) is 9.59 Å². The van der Waals surface area contributed by atoms with Crippen LogP contribution in [-0.4, -0.2) is 26.0 Å². The molecule has 0 unspecified atom stereocenters. The number of H-pyrrole nitrogens is 1. The number of hydrogen-bond acceptors (Lipinski definition) is 4. The highest BCUT2D eigenvalue weighted by molar-refractivity contribution is 5.83. The molecule has 2 aromatic heterocycles. The number of nitrogens with one attached hydrogen (secondary N) is 1. The van der Waals surface area contributed by atoms with Crippen molar-refractivity contribution in [2.75, 3.05) is 6.54 Å². The average molecular weight is 425 g/mol. The van der Waals surface area contributed by atoms with Gasteiger partial charge in [0.15, 0.2) is 0 Å². The molecule has 1 N–H and O–H groups in total. The molecule has 0 atom stereocenters. The van der Waals surface area contributed by atoms with Crippen LogP contribution in [0.2, 0.25) is 0 Å². The molecular formula is C26H24N4O2. The third kappa shape index (κ3) is 3.19. The van der Waals surface area contributed by atoms with Gasteiger partial charge in [-0.25, -0.2) is 4.98 Å². The third-order valence-electron chi connectivity index (χ3n) is 6.69. The zero-order valence-corrected chi connectivity index (χ0v) is 17.8. The molecule has 0 radical (unpaired) electrons. The number of pyridine rings is 1. The van der Waals surface area contributed by atoms with Crippen LogP contribution in [0.5, 0.6) is 0 Å². The first kappa shape index (κ1) is 19.2. The molecule has 0 spiro atoms. The molecule has 0 amide bonds. The zero-order valence-electron chi connectivity index (χ0n) is 17.8. The minimum atomic E-state index is -0.0893. The summed E-state index contributed by atoms with van der Waals surface area (Å²) in [5.74, 6) is 0.616. The number of aromatic nitrogens is 3. The molecule has 0 saturated carbocycles. The standard InChI is InChI=1S/C26H24N4O2/c31-25-21-16-29(13-11-22(21)27-24(28-25)18-6-2-1-3-7-18)15-20-14-19-9-4-8-17-10-5-12-30(23(17)19)26(20)32/h1-4,6-9,14H,5,10-13,15-16H2,(H,27,28,31). The Morgan fingerprint density at radius 1 is 0.969 bits per heavy atom. The molecule has 32 heavy (non-hydrogen) atoms. The maximum Gasteiger partial charge on any atom is 0.255 e. The molecule has 0 bridgehead atoms. The van der Waals surface area contributed by atoms with Gasteiger partial charge in [-0.2, -0.15) is 0 Å². The van der Waals surface area contributed by atoms with Crippen LogP contribution in [0, 0.1) is 0 Å². The van der Waals surface area contributed by atoms with Crippen LogP contribution >= 0.6 is 0 Å². The average Bonchev–Trinajstić information content (AvgIpc) is 2.83. The van der Waals surface area contributed by atoms with Crippen molar-refractivity contribution in [3.63, 3.8) is 0 Å². The number of para-hydroxylation sites is 1. The molecule has 6 rings (SSSR count). The highest BCUT2D eigenvalue weighted by atomic mass is 16.1. The molecule has 4 aromatic rings. The van der Waals surface area contributed by atoms with Crippen molar-refractivity contribution in [2.24, 2.45) is 0 Å². The van der Waals surface area contributed by atoms with Crippen molar-refractivity contribution >= 4 is 10.9 Å². The summed E-state index contributed by atoms with van der Waals surface area (Å²) >= 11 is 0. The van der Waals surface area contributed by atoms with E-state index >= 15 is 0 Å². The molecule has 160 valence electrons. The maximum atomic E-state index is 13.2. The zero-order chi connectivity index (χ0) is 21.7. The van der Waals surface area contributed by atoms with Gasteiger partial charge in [-0.15, -0.1) is 0 Å². The fraction of sp³-hybridized carbons (Fsp3) is 0.269. The summed E-state index contributed by atoms with van der Waals surface area (Å²) < 4.78 is 1.95. The summed E-state index contributed by atoms with van der Waals surface area (Å²) in [6, 6.07) is 18.1. The van der Waals surface area contributed by atoms with Gasteiger partial charge in [0.1, 0.15) is 5.82 Å². The lowest BCUT2D eigenvalue weighted by Gasteiger charge is -2.28. The summed E-state index contributed by atoms with van der Waals surface area (Å²) in [6.07, 6.45) is 2.72. The van der Waals surface area contributed by atoms with Crippen molar-refractivity contribution < 1.29 is 0 Å². The van der Waals surface area contributed by atoms with Gasteiger partial charge < -0.3 is 9.55 Å². The van der Waals surface area contributed by atoms with E-state index in [1.54, 1.807) is 0 Å². The second-order valence-corrected chi connectivity index (χ2v) is 8.75. The minimum Gasteiger partial charge on any atom is -0.308 e. The van der Waals surface area contributed by atoms with E-state index in [4.69, 9.17) is 4.98 Å². The number of aromatic amines is 1. The first-order chi connectivity index (χ1) is 15.7. The van der Waals surface area contributed by atoms with Crippen molar-refractivity contribution in [3.8, 4) is 11.4 Å². The Labute approximate surface area is 185 Å². The topological polar surface area (TPSA) is 71.0 Å². The molecule has 2 aliphatic heterocycles. The molecule has 0 saturated heterocycles. The SMILES string of the molecule is O=c1[nH]c(-c2ccccc2)nc2c1CN(Cc1cc3cccc4c3n(c1=O)CCC4)CC2. The van der Waals surface area contributed by atoms with E-state index in [1.165, 1.54) is 5.56 Å². The number of benzene rings is 2. The van der Waals surface area contributed by atoms with Gasteiger partial charge in [0.2, 0.25) is 0 Å². The Hall–Kier alpha value is -3.51. The van der Waals surface area contributed by atoms with Crippen LogP contribution in [0.1, 0.15) is 28.8 Å². The van der Waals surface area contributed by atoms with Crippen molar-refractivity contribution in [2.45, 2.75) is 38.9 Å². The number of hydrogen-bond donors (Lipinski definition) is 1. The summed E-state index contributed by atoms with van der Waals surface area (Å²) in [6.45, 7) is 2.59. The van der Waals surface area contributed by atoms with Gasteiger partial charge in [0, 0.05) is 43.7 Å². The molecule has 6 nitrogen and oxygen atoms in total. The molecule has 6 heteroatoms. The van der Waals surface area contributed by atoms with Gasteiger partial charge in [-0.3, -0.25) is 14.5 Å². The lowest BCUT2D eigenvalue weighted by molar-refractivity contribution is 0.240. The van der Waals surface area contributed by atoms with Crippen LogP contribution < -0.4 is 11.1 Å². The van der Waals surface area contributed by atoms with Gasteiger partial charge >= 0.3 is 0 Å². The molecule has 0 aliphatic carbocycles. The quantitative estimate of drug-likeness (QED) is 0.548. The Morgan fingerprint density at radius 2 is 1.84 bits per heavy atom. The lowest BCUT2D eigenvalue weighted by atomic mass is 9.99. The van der Waals surface area contributed by atoms with E-state index in [2.05, 4.69) is 28.1 Å². The van der Waals surface area contributed by atoms with E-state index in [-0.39, 0.29) is 11.1 Å². The predicted molar refractivity (Wildman–Crippen MR) is 125 cm³/mol. The smallest absolute Gasteiger partial charge is 0.255 e. The first-order valence-corrected chi connectivity index (χ1v) is 11.2. The summed E-state index contributed by atoms with van der Waals surface area (Å²) in [4.78, 5) is 36.0. The highest BCUT2D eigenvalue weighted by Gasteiger charge is 2.23. The second kappa shape index (κ2) is 7.57. The Bertz CT molecular complexity index is 1450. The molecule has 2 aliphatic rings. The number of fused-ring (bicyclic) bond motifs is 1. The van der Waals surface area contributed by atoms with E-state index in [1.807, 2.05) is 41.0 Å². The Balaban J connectivity index is 1.32. The number of rotatable bonds is 3. The molecule has 0 fully saturated rings. The van der Waals surface area contributed by atoms with E-state index in [0.29, 0.717) is 30.9 Å². The second-order valence-electron chi connectivity index (χ2n) is 8.75. The van der Waals surface area contributed by atoms with E-state index in [0.717, 1.165) is 53.7 Å². The van der Waals surface area contributed by atoms with Crippen molar-refractivity contribution in [3.05, 3.63) is 97.7 Å². The van der Waals surface area contributed by atoms with Gasteiger partial charge in [-0.1, -0.05) is 48.5 Å². The lowest BCUT2D eigenvalue weighted by Crippen LogP contribution is -2.37. The van der Waals surface area contributed by atoms with Gasteiger partial charge in [-0.05, 0) is 29.9 Å². The minimum absolute atomic E-state index is 0.0893. The van der Waals surface area contributed by atoms with Crippen LogP contribution in [-0.2, 0) is 32.5 Å². The van der Waals surface area contributed by atoms with Crippen LogP contribution in [0.4, 0.5) is 0 Å². The Morgan fingerprint density at radius 3 is 2.72 bits per heavy atom. The highest BCUT2D eigenvalue weighted by Crippen LogP contribution is 2.25. The van der Waals surface area contributed by atoms with Crippen LogP contribution in [0.15, 0.2) is 64.2 Å². The van der Waals surface area contributed by atoms with Crippen LogP contribution in [0.25, 0.3) is 22.3 Å².